The van der Waals surface area contributed by atoms with Gasteiger partial charge in [0, 0.05) is 31.5 Å². The lowest BCUT2D eigenvalue weighted by atomic mass is 9.90. The Balaban J connectivity index is 1.79. The lowest BCUT2D eigenvalue weighted by Gasteiger charge is -2.34. The first-order valence-electron chi connectivity index (χ1n) is 9.07. The molecule has 1 aliphatic rings. The van der Waals surface area contributed by atoms with Crippen molar-refractivity contribution in [2.24, 2.45) is 0 Å². The first-order valence-corrected chi connectivity index (χ1v) is 9.07. The van der Waals surface area contributed by atoms with E-state index in [1.54, 1.807) is 0 Å². The van der Waals surface area contributed by atoms with E-state index in [-0.39, 0.29) is 11.9 Å². The molecule has 1 aliphatic heterocycles. The molecule has 134 valence electrons. The van der Waals surface area contributed by atoms with Crippen molar-refractivity contribution in [3.05, 3.63) is 107 Å². The normalized spacial score (nSPS) is 15.3. The smallest absolute Gasteiger partial charge is 0.258 e. The summed E-state index contributed by atoms with van der Waals surface area (Å²) in [7, 11) is 4.05. The Morgan fingerprint density at radius 2 is 1.52 bits per heavy atom. The van der Waals surface area contributed by atoms with Gasteiger partial charge in [0.25, 0.3) is 5.91 Å². The molecule has 4 rings (SSSR count). The largest absolute Gasteiger partial charge is 0.378 e. The molecular weight excluding hydrogens is 332 g/mol. The van der Waals surface area contributed by atoms with E-state index in [0.29, 0.717) is 5.56 Å². The van der Waals surface area contributed by atoms with Crippen LogP contribution < -0.4 is 4.90 Å². The quantitative estimate of drug-likeness (QED) is 0.663. The number of rotatable bonds is 3. The van der Waals surface area contributed by atoms with Gasteiger partial charge in [0.05, 0.1) is 6.04 Å². The molecule has 0 radical (unpaired) electrons. The van der Waals surface area contributed by atoms with Gasteiger partial charge in [-0.1, -0.05) is 54.6 Å². The molecule has 0 bridgehead atoms. The standard InChI is InChI=1S/C24H22N2O/c1-25(2)21-14-12-19(13-15-21)23-22-11-7-6-8-18(22)16-17-26(23)24(27)20-9-4-3-5-10-20/h3-17,23H,1-2H3/t23-/m1/s1. The molecule has 3 aromatic rings. The van der Waals surface area contributed by atoms with E-state index in [1.807, 2.05) is 73.7 Å². The SMILES string of the molecule is CN(C)c1ccc([C@@H]2c3ccccc3C=CN2C(=O)c2ccccc2)cc1. The van der Waals surface area contributed by atoms with Crippen molar-refractivity contribution in [3.63, 3.8) is 0 Å². The van der Waals surface area contributed by atoms with Crippen LogP contribution in [0.25, 0.3) is 6.08 Å². The summed E-state index contributed by atoms with van der Waals surface area (Å²) in [5, 5.41) is 0. The van der Waals surface area contributed by atoms with Crippen molar-refractivity contribution >= 4 is 17.7 Å². The van der Waals surface area contributed by atoms with Gasteiger partial charge in [0.2, 0.25) is 0 Å². The number of anilines is 1. The maximum atomic E-state index is 13.2. The maximum absolute atomic E-state index is 13.2. The highest BCUT2D eigenvalue weighted by Gasteiger charge is 2.29. The van der Waals surface area contributed by atoms with Crippen LogP contribution in [-0.2, 0) is 0 Å². The first kappa shape index (κ1) is 17.1. The lowest BCUT2D eigenvalue weighted by molar-refractivity contribution is 0.0787. The van der Waals surface area contributed by atoms with Crippen LogP contribution >= 0.6 is 0 Å². The van der Waals surface area contributed by atoms with Gasteiger partial charge in [0.1, 0.15) is 0 Å². The van der Waals surface area contributed by atoms with Crippen molar-refractivity contribution in [2.75, 3.05) is 19.0 Å². The molecule has 1 atom stereocenters. The molecule has 0 fully saturated rings. The highest BCUT2D eigenvalue weighted by atomic mass is 16.2. The number of amides is 1. The van der Waals surface area contributed by atoms with Gasteiger partial charge in [-0.25, -0.2) is 0 Å². The summed E-state index contributed by atoms with van der Waals surface area (Å²) in [6, 6.07) is 26.0. The van der Waals surface area contributed by atoms with Crippen LogP contribution in [0.3, 0.4) is 0 Å². The van der Waals surface area contributed by atoms with Gasteiger partial charge >= 0.3 is 0 Å². The van der Waals surface area contributed by atoms with E-state index >= 15 is 0 Å². The molecule has 1 amide bonds. The average molecular weight is 354 g/mol. The molecule has 0 spiro atoms. The number of carbonyl (C=O) groups excluding carboxylic acids is 1. The van der Waals surface area contributed by atoms with Crippen molar-refractivity contribution in [3.8, 4) is 0 Å². The van der Waals surface area contributed by atoms with Crippen molar-refractivity contribution in [1.82, 2.24) is 4.90 Å². The van der Waals surface area contributed by atoms with Gasteiger partial charge in [-0.2, -0.15) is 0 Å². The molecule has 0 unspecified atom stereocenters. The molecule has 0 N–H and O–H groups in total. The molecule has 3 aromatic carbocycles. The summed E-state index contributed by atoms with van der Waals surface area (Å²) >= 11 is 0. The second kappa shape index (κ2) is 7.12. The molecule has 0 saturated carbocycles. The summed E-state index contributed by atoms with van der Waals surface area (Å²) in [6.45, 7) is 0. The fourth-order valence-electron chi connectivity index (χ4n) is 3.52. The zero-order chi connectivity index (χ0) is 18.8. The Labute approximate surface area is 160 Å². The third-order valence-corrected chi connectivity index (χ3v) is 4.96. The van der Waals surface area contributed by atoms with Crippen LogP contribution in [0, 0.1) is 0 Å². The first-order chi connectivity index (χ1) is 13.1. The number of hydrogen-bond donors (Lipinski definition) is 0. The minimum Gasteiger partial charge on any atom is -0.378 e. The van der Waals surface area contributed by atoms with E-state index in [2.05, 4.69) is 41.3 Å². The molecule has 1 heterocycles. The highest BCUT2D eigenvalue weighted by Crippen LogP contribution is 2.37. The van der Waals surface area contributed by atoms with Crippen LogP contribution in [0.2, 0.25) is 0 Å². The molecule has 27 heavy (non-hydrogen) atoms. The summed E-state index contributed by atoms with van der Waals surface area (Å²) < 4.78 is 0. The fraction of sp³-hybridized carbons (Fsp3) is 0.125. The van der Waals surface area contributed by atoms with Crippen molar-refractivity contribution in [1.29, 1.82) is 0 Å². The van der Waals surface area contributed by atoms with Crippen LogP contribution in [0.4, 0.5) is 5.69 Å². The van der Waals surface area contributed by atoms with Crippen molar-refractivity contribution < 1.29 is 4.79 Å². The van der Waals surface area contributed by atoms with Gasteiger partial charge in [-0.15, -0.1) is 0 Å². The highest BCUT2D eigenvalue weighted by molar-refractivity contribution is 5.96. The molecule has 3 nitrogen and oxygen atoms in total. The second-order valence-corrected chi connectivity index (χ2v) is 6.91. The summed E-state index contributed by atoms with van der Waals surface area (Å²) in [5.74, 6) is 0.00281. The average Bonchev–Trinajstić information content (AvgIpc) is 2.73. The topological polar surface area (TPSA) is 23.6 Å². The Morgan fingerprint density at radius 1 is 0.852 bits per heavy atom. The zero-order valence-electron chi connectivity index (χ0n) is 15.5. The maximum Gasteiger partial charge on any atom is 0.258 e. The van der Waals surface area contributed by atoms with Crippen molar-refractivity contribution in [2.45, 2.75) is 6.04 Å². The summed E-state index contributed by atoms with van der Waals surface area (Å²) in [6.07, 6.45) is 3.92. The Morgan fingerprint density at radius 3 is 2.22 bits per heavy atom. The Hall–Kier alpha value is -3.33. The predicted octanol–water partition coefficient (Wildman–Crippen LogP) is 4.97. The monoisotopic (exact) mass is 354 g/mol. The minimum atomic E-state index is -0.143. The van der Waals surface area contributed by atoms with Crippen LogP contribution in [-0.4, -0.2) is 24.9 Å². The molecule has 0 saturated heterocycles. The van der Waals surface area contributed by atoms with Gasteiger partial charge in [0.15, 0.2) is 0 Å². The molecule has 0 aromatic heterocycles. The van der Waals surface area contributed by atoms with Gasteiger partial charge in [-0.05, 0) is 47.0 Å². The Bertz CT molecular complexity index is 975. The molecular formula is C24H22N2O. The molecule has 3 heteroatoms. The van der Waals surface area contributed by atoms with Gasteiger partial charge in [-0.3, -0.25) is 4.79 Å². The predicted molar refractivity (Wildman–Crippen MR) is 111 cm³/mol. The number of benzene rings is 3. The molecule has 0 aliphatic carbocycles. The Kier molecular flexibility index (Phi) is 4.51. The summed E-state index contributed by atoms with van der Waals surface area (Å²) in [5.41, 5.74) is 5.22. The van der Waals surface area contributed by atoms with Gasteiger partial charge < -0.3 is 9.80 Å². The number of hydrogen-bond acceptors (Lipinski definition) is 2. The van der Waals surface area contributed by atoms with E-state index in [4.69, 9.17) is 0 Å². The zero-order valence-corrected chi connectivity index (χ0v) is 15.5. The third-order valence-electron chi connectivity index (χ3n) is 4.96. The van der Waals surface area contributed by atoms with E-state index in [1.165, 1.54) is 0 Å². The lowest BCUT2D eigenvalue weighted by Crippen LogP contribution is -2.33. The van der Waals surface area contributed by atoms with Crippen LogP contribution in [0.1, 0.15) is 33.1 Å². The number of nitrogens with zero attached hydrogens (tertiary/aromatic N) is 2. The van der Waals surface area contributed by atoms with Crippen LogP contribution in [0.5, 0.6) is 0 Å². The van der Waals surface area contributed by atoms with E-state index < -0.39 is 0 Å². The number of carbonyl (C=O) groups is 1. The fourth-order valence-corrected chi connectivity index (χ4v) is 3.52. The second-order valence-electron chi connectivity index (χ2n) is 6.91. The van der Waals surface area contributed by atoms with E-state index in [9.17, 15) is 4.79 Å². The summed E-state index contributed by atoms with van der Waals surface area (Å²) in [4.78, 5) is 17.1. The van der Waals surface area contributed by atoms with E-state index in [0.717, 1.165) is 22.4 Å². The number of fused-ring (bicyclic) bond motifs is 1. The van der Waals surface area contributed by atoms with Crippen LogP contribution in [0.15, 0.2) is 85.1 Å². The minimum absolute atomic E-state index is 0.00281. The third kappa shape index (κ3) is 3.24.